The predicted octanol–water partition coefficient (Wildman–Crippen LogP) is 13.7. The third kappa shape index (κ3) is 3.67. The molecule has 4 heterocycles. The highest BCUT2D eigenvalue weighted by atomic mass is 32.1. The van der Waals surface area contributed by atoms with Crippen LogP contribution in [0, 0.1) is 13.1 Å². The van der Waals surface area contributed by atoms with Crippen LogP contribution in [0.3, 0.4) is 0 Å². The molecule has 0 aliphatic carbocycles. The Bertz CT molecular complexity index is 3360. The van der Waals surface area contributed by atoms with Gasteiger partial charge in [-0.25, -0.2) is 9.69 Å². The lowest BCUT2D eigenvalue weighted by atomic mass is 10.1. The Labute approximate surface area is 293 Å². The van der Waals surface area contributed by atoms with E-state index >= 15 is 0 Å². The minimum Gasteiger partial charge on any atom is -0.309 e. The molecule has 0 unspecified atom stereocenters. The standard InChI is InChI=1S/C44H22N4S2/c1-45-25-11-16-37-32(21-25)29-7-3-5-9-36(29)47(37)27-13-18-40-34(23-27)35-24-28(14-19-41(35)49-40)48-38-17-12-26(46-2)22-33(38)30-15-20-42-43(44(30)48)31-8-4-6-10-39(31)50-42/h3-24H. The van der Waals surface area contributed by atoms with E-state index in [0.29, 0.717) is 11.4 Å². The van der Waals surface area contributed by atoms with Gasteiger partial charge < -0.3 is 9.13 Å². The highest BCUT2D eigenvalue weighted by molar-refractivity contribution is 7.26. The number of hydrogen-bond acceptors (Lipinski definition) is 2. The topological polar surface area (TPSA) is 18.6 Å². The van der Waals surface area contributed by atoms with Gasteiger partial charge in [0.05, 0.1) is 35.2 Å². The molecule has 4 nitrogen and oxygen atoms in total. The van der Waals surface area contributed by atoms with Gasteiger partial charge >= 0.3 is 0 Å². The summed E-state index contributed by atoms with van der Waals surface area (Å²) >= 11 is 3.65. The summed E-state index contributed by atoms with van der Waals surface area (Å²) in [7, 11) is 0. The number of benzene rings is 7. The van der Waals surface area contributed by atoms with Gasteiger partial charge in [0.1, 0.15) is 0 Å². The molecule has 6 heteroatoms. The molecule has 4 aromatic heterocycles. The zero-order valence-electron chi connectivity index (χ0n) is 26.3. The molecule has 0 saturated carbocycles. The van der Waals surface area contributed by atoms with E-state index in [4.69, 9.17) is 13.1 Å². The number of aromatic nitrogens is 2. The molecule has 11 aromatic rings. The van der Waals surface area contributed by atoms with E-state index in [1.807, 2.05) is 46.9 Å². The molecule has 11 rings (SSSR count). The summed E-state index contributed by atoms with van der Waals surface area (Å²) in [4.78, 5) is 7.49. The van der Waals surface area contributed by atoms with Crippen molar-refractivity contribution in [2.45, 2.75) is 0 Å². The summed E-state index contributed by atoms with van der Waals surface area (Å²) in [5.41, 5.74) is 7.99. The van der Waals surface area contributed by atoms with Gasteiger partial charge in [-0.1, -0.05) is 54.6 Å². The van der Waals surface area contributed by atoms with Crippen LogP contribution in [-0.2, 0) is 0 Å². The van der Waals surface area contributed by atoms with E-state index in [1.54, 1.807) is 0 Å². The molecule has 0 radical (unpaired) electrons. The molecule has 0 bridgehead atoms. The van der Waals surface area contributed by atoms with Crippen molar-refractivity contribution in [3.05, 3.63) is 156 Å². The lowest BCUT2D eigenvalue weighted by Crippen LogP contribution is -1.94. The second kappa shape index (κ2) is 10.0. The van der Waals surface area contributed by atoms with E-state index in [0.717, 1.165) is 49.5 Å². The monoisotopic (exact) mass is 670 g/mol. The van der Waals surface area contributed by atoms with E-state index in [2.05, 4.69) is 128 Å². The average molecular weight is 671 g/mol. The Hall–Kier alpha value is -6.44. The minimum atomic E-state index is 0.647. The first-order chi connectivity index (χ1) is 24.7. The Balaban J connectivity index is 1.21. The predicted molar refractivity (Wildman–Crippen MR) is 213 cm³/mol. The van der Waals surface area contributed by atoms with Crippen molar-refractivity contribution in [2.24, 2.45) is 0 Å². The van der Waals surface area contributed by atoms with Crippen molar-refractivity contribution in [1.29, 1.82) is 0 Å². The van der Waals surface area contributed by atoms with Crippen molar-refractivity contribution in [3.8, 4) is 11.4 Å². The molecule has 0 saturated heterocycles. The van der Waals surface area contributed by atoms with Crippen LogP contribution in [0.5, 0.6) is 0 Å². The Morgan fingerprint density at radius 3 is 1.66 bits per heavy atom. The van der Waals surface area contributed by atoms with Crippen LogP contribution in [-0.4, -0.2) is 9.13 Å². The number of nitrogens with zero attached hydrogens (tertiary/aromatic N) is 4. The molecule has 230 valence electrons. The highest BCUT2D eigenvalue weighted by Gasteiger charge is 2.20. The molecule has 0 spiro atoms. The third-order valence-electron chi connectivity index (χ3n) is 10.1. The molecule has 0 N–H and O–H groups in total. The summed E-state index contributed by atoms with van der Waals surface area (Å²) in [6, 6.07) is 47.3. The van der Waals surface area contributed by atoms with Crippen LogP contribution < -0.4 is 0 Å². The molecule has 7 aromatic carbocycles. The Kier molecular flexibility index (Phi) is 5.52. The number of fused-ring (bicyclic) bond motifs is 13. The van der Waals surface area contributed by atoms with Crippen LogP contribution >= 0.6 is 22.7 Å². The van der Waals surface area contributed by atoms with Gasteiger partial charge in [-0.2, -0.15) is 0 Å². The van der Waals surface area contributed by atoms with Gasteiger partial charge in [0.15, 0.2) is 11.4 Å². The van der Waals surface area contributed by atoms with Gasteiger partial charge in [0.25, 0.3) is 0 Å². The number of hydrogen-bond donors (Lipinski definition) is 0. The highest BCUT2D eigenvalue weighted by Crippen LogP contribution is 2.45. The van der Waals surface area contributed by atoms with Crippen LogP contribution in [0.1, 0.15) is 0 Å². The first-order valence-electron chi connectivity index (χ1n) is 16.3. The maximum Gasteiger partial charge on any atom is 0.188 e. The molecule has 0 aliphatic heterocycles. The van der Waals surface area contributed by atoms with Crippen molar-refractivity contribution < 1.29 is 0 Å². The normalized spacial score (nSPS) is 12.0. The maximum absolute atomic E-state index is 7.75. The van der Waals surface area contributed by atoms with Crippen LogP contribution in [0.2, 0.25) is 0 Å². The molecule has 0 fully saturated rings. The smallest absolute Gasteiger partial charge is 0.188 e. The molecule has 0 atom stereocenters. The lowest BCUT2D eigenvalue weighted by molar-refractivity contribution is 1.19. The number of thiophene rings is 2. The van der Waals surface area contributed by atoms with Gasteiger partial charge in [0.2, 0.25) is 0 Å². The second-order valence-electron chi connectivity index (χ2n) is 12.7. The molecular formula is C44H22N4S2. The van der Waals surface area contributed by atoms with Crippen molar-refractivity contribution in [2.75, 3.05) is 0 Å². The zero-order valence-corrected chi connectivity index (χ0v) is 27.9. The third-order valence-corrected chi connectivity index (χ3v) is 12.4. The quantitative estimate of drug-likeness (QED) is 0.163. The molecule has 50 heavy (non-hydrogen) atoms. The molecular weight excluding hydrogens is 649 g/mol. The largest absolute Gasteiger partial charge is 0.309 e. The van der Waals surface area contributed by atoms with Crippen molar-refractivity contribution >= 4 is 118 Å². The van der Waals surface area contributed by atoms with Crippen LogP contribution in [0.4, 0.5) is 11.4 Å². The maximum atomic E-state index is 7.75. The molecule has 0 amide bonds. The van der Waals surface area contributed by atoms with Crippen LogP contribution in [0.15, 0.2) is 133 Å². The fraction of sp³-hybridized carbons (Fsp3) is 0. The van der Waals surface area contributed by atoms with Gasteiger partial charge in [-0.15, -0.1) is 22.7 Å². The lowest BCUT2D eigenvalue weighted by Gasteiger charge is -2.10. The van der Waals surface area contributed by atoms with E-state index in [1.165, 1.54) is 45.9 Å². The van der Waals surface area contributed by atoms with Gasteiger partial charge in [-0.3, -0.25) is 0 Å². The molecule has 0 aliphatic rings. The van der Waals surface area contributed by atoms with Gasteiger partial charge in [-0.05, 0) is 89.6 Å². The number of rotatable bonds is 2. The van der Waals surface area contributed by atoms with Crippen LogP contribution in [0.25, 0.3) is 105 Å². The zero-order chi connectivity index (χ0) is 33.1. The summed E-state index contributed by atoms with van der Waals surface area (Å²) < 4.78 is 9.75. The summed E-state index contributed by atoms with van der Waals surface area (Å²) in [5, 5.41) is 9.44. The average Bonchev–Trinajstić information content (AvgIpc) is 3.91. The van der Waals surface area contributed by atoms with E-state index in [-0.39, 0.29) is 0 Å². The second-order valence-corrected chi connectivity index (χ2v) is 14.9. The van der Waals surface area contributed by atoms with Crippen molar-refractivity contribution in [1.82, 2.24) is 9.13 Å². The first kappa shape index (κ1) is 27.5. The van der Waals surface area contributed by atoms with Crippen molar-refractivity contribution in [3.63, 3.8) is 0 Å². The summed E-state index contributed by atoms with van der Waals surface area (Å²) in [6.45, 7) is 15.3. The number of para-hydroxylation sites is 1. The summed E-state index contributed by atoms with van der Waals surface area (Å²) in [5.74, 6) is 0. The summed E-state index contributed by atoms with van der Waals surface area (Å²) in [6.07, 6.45) is 0. The SMILES string of the molecule is [C-]#[N+]c1ccc2c(c1)c1ccccc1n2-c1ccc2sc3ccc(-n4c5ccc([N+]#[C-])cc5c5ccc6sc7ccccc7c6c54)cc3c2c1. The minimum absolute atomic E-state index is 0.647. The van der Waals surface area contributed by atoms with E-state index in [9.17, 15) is 0 Å². The van der Waals surface area contributed by atoms with E-state index < -0.39 is 0 Å². The Morgan fingerprint density at radius 1 is 0.400 bits per heavy atom. The van der Waals surface area contributed by atoms with Gasteiger partial charge in [0, 0.05) is 62.5 Å². The fourth-order valence-corrected chi connectivity index (χ4v) is 10.2. The fourth-order valence-electron chi connectivity index (χ4n) is 7.98. The Morgan fingerprint density at radius 2 is 0.940 bits per heavy atom. The first-order valence-corrected chi connectivity index (χ1v) is 18.0.